The highest BCUT2D eigenvalue weighted by molar-refractivity contribution is 6.04. The molecule has 11 heteroatoms. The van der Waals surface area contributed by atoms with Crippen LogP contribution >= 0.6 is 0 Å². The molecule has 0 aliphatic carbocycles. The minimum Gasteiger partial charge on any atom is -0.322 e. The van der Waals surface area contributed by atoms with E-state index in [0.717, 1.165) is 49.1 Å². The van der Waals surface area contributed by atoms with E-state index < -0.39 is 17.6 Å². The first-order valence-corrected chi connectivity index (χ1v) is 13.1. The van der Waals surface area contributed by atoms with E-state index in [4.69, 9.17) is 0 Å². The van der Waals surface area contributed by atoms with Gasteiger partial charge in [-0.3, -0.25) is 9.69 Å². The van der Waals surface area contributed by atoms with Crippen molar-refractivity contribution in [3.05, 3.63) is 75.9 Å². The average Bonchev–Trinajstić information content (AvgIpc) is 3.31. The van der Waals surface area contributed by atoms with Gasteiger partial charge < -0.3 is 10.2 Å². The van der Waals surface area contributed by atoms with Crippen LogP contribution in [0.2, 0.25) is 0 Å². The molecule has 208 valence electrons. The number of carbonyl (C=O) groups excluding carboxylic acids is 1. The van der Waals surface area contributed by atoms with Crippen LogP contribution in [0.4, 0.5) is 18.9 Å². The highest BCUT2D eigenvalue weighted by atomic mass is 19.4. The van der Waals surface area contributed by atoms with Crippen molar-refractivity contribution < 1.29 is 18.0 Å². The van der Waals surface area contributed by atoms with E-state index in [0.29, 0.717) is 24.5 Å². The molecule has 0 bridgehead atoms. The summed E-state index contributed by atoms with van der Waals surface area (Å²) in [5.41, 5.74) is 2.21. The number of carbonyl (C=O) groups is 1. The van der Waals surface area contributed by atoms with Crippen LogP contribution in [0.25, 0.3) is 0 Å². The number of amides is 1. The number of aromatic nitrogens is 3. The van der Waals surface area contributed by atoms with Gasteiger partial charge in [-0.25, -0.2) is 0 Å². The zero-order valence-electron chi connectivity index (χ0n) is 22.6. The van der Waals surface area contributed by atoms with Gasteiger partial charge >= 0.3 is 6.18 Å². The van der Waals surface area contributed by atoms with Crippen molar-refractivity contribution in [2.24, 2.45) is 5.10 Å². The lowest BCUT2D eigenvalue weighted by Crippen LogP contribution is -2.44. The molecule has 3 heterocycles. The van der Waals surface area contributed by atoms with E-state index in [-0.39, 0.29) is 23.4 Å². The maximum atomic E-state index is 14.0. The zero-order chi connectivity index (χ0) is 28.4. The number of fused-ring (bicyclic) bond motifs is 1. The molecular formula is C29H30F3N7O. The highest BCUT2D eigenvalue weighted by Gasteiger charge is 2.34. The average molecular weight is 550 g/mol. The van der Waals surface area contributed by atoms with E-state index in [1.54, 1.807) is 22.9 Å². The van der Waals surface area contributed by atoms with Crippen molar-refractivity contribution in [1.29, 1.82) is 0 Å². The van der Waals surface area contributed by atoms with Crippen LogP contribution in [-0.2, 0) is 19.1 Å². The van der Waals surface area contributed by atoms with Gasteiger partial charge in [0.25, 0.3) is 5.91 Å². The second kappa shape index (κ2) is 11.2. The minimum absolute atomic E-state index is 0.0796. The number of benzene rings is 2. The molecule has 8 nitrogen and oxygen atoms in total. The lowest BCUT2D eigenvalue weighted by atomic mass is 10.0. The summed E-state index contributed by atoms with van der Waals surface area (Å²) in [7, 11) is 2.00. The standard InChI is InChI=1S/C29H30F3N7O/c1-19-4-6-22(16-21(19)8-11-27-35-34-26-10-5-20(2)36-39(26)27)28(40)33-24-9-7-23(25(17-24)29(30,31)32)18-38-14-12-37(3)13-15-38/h4,6-7,9,16-17H,5,10,12-15,18H2,1-3H3,(H,33,40). The van der Waals surface area contributed by atoms with Crippen LogP contribution in [0.1, 0.15) is 57.6 Å². The third-order valence-electron chi connectivity index (χ3n) is 7.16. The number of hydrogen-bond donors (Lipinski definition) is 1. The maximum absolute atomic E-state index is 14.0. The van der Waals surface area contributed by atoms with Crippen LogP contribution < -0.4 is 5.32 Å². The SMILES string of the molecule is CC1=Nn2c(C#Cc3cc(C(=O)Nc4ccc(CN5CCN(C)CC5)c(C(F)(F)F)c4)ccc3C)nnc2CC1. The van der Waals surface area contributed by atoms with Gasteiger partial charge in [0, 0.05) is 61.7 Å². The number of nitrogens with zero attached hydrogens (tertiary/aromatic N) is 6. The van der Waals surface area contributed by atoms with Crippen molar-refractivity contribution >= 4 is 17.3 Å². The van der Waals surface area contributed by atoms with Gasteiger partial charge in [0.2, 0.25) is 5.82 Å². The maximum Gasteiger partial charge on any atom is 0.416 e. The molecular weight excluding hydrogens is 519 g/mol. The number of alkyl halides is 3. The largest absolute Gasteiger partial charge is 0.416 e. The Hall–Kier alpha value is -4.01. The molecule has 2 aliphatic heterocycles. The summed E-state index contributed by atoms with van der Waals surface area (Å²) in [6.07, 6.45) is -2.98. The monoisotopic (exact) mass is 549 g/mol. The molecule has 3 aromatic rings. The van der Waals surface area contributed by atoms with Crippen molar-refractivity contribution in [1.82, 2.24) is 24.7 Å². The lowest BCUT2D eigenvalue weighted by molar-refractivity contribution is -0.138. The molecule has 1 amide bonds. The fourth-order valence-corrected chi connectivity index (χ4v) is 4.69. The molecule has 1 N–H and O–H groups in total. The van der Waals surface area contributed by atoms with Crippen LogP contribution in [0, 0.1) is 18.8 Å². The summed E-state index contributed by atoms with van der Waals surface area (Å²) < 4.78 is 43.5. The number of hydrogen-bond acceptors (Lipinski definition) is 6. The Kier molecular flexibility index (Phi) is 7.74. The van der Waals surface area contributed by atoms with Crippen LogP contribution in [0.15, 0.2) is 41.5 Å². The van der Waals surface area contributed by atoms with Crippen molar-refractivity contribution in [2.45, 2.75) is 39.4 Å². The van der Waals surface area contributed by atoms with E-state index in [1.807, 2.05) is 25.8 Å². The lowest BCUT2D eigenvalue weighted by Gasteiger charge is -2.33. The first-order valence-electron chi connectivity index (χ1n) is 13.1. The summed E-state index contributed by atoms with van der Waals surface area (Å²) in [5, 5.41) is 15.3. The number of aryl methyl sites for hydroxylation is 2. The Morgan fingerprint density at radius 1 is 1.00 bits per heavy atom. The number of halogens is 3. The van der Waals surface area contributed by atoms with E-state index in [9.17, 15) is 18.0 Å². The minimum atomic E-state index is -4.54. The Balaban J connectivity index is 1.34. The third kappa shape index (κ3) is 6.24. The third-order valence-corrected chi connectivity index (χ3v) is 7.16. The van der Waals surface area contributed by atoms with Crippen LogP contribution in [-0.4, -0.2) is 69.5 Å². The number of likely N-dealkylation sites (N-methyl/N-ethyl adjacent to an activating group) is 1. The molecule has 1 aromatic heterocycles. The number of rotatable bonds is 4. The molecule has 1 saturated heterocycles. The number of anilines is 1. The molecule has 1 fully saturated rings. The molecule has 0 radical (unpaired) electrons. The van der Waals surface area contributed by atoms with Gasteiger partial charge in [-0.2, -0.15) is 22.9 Å². The Morgan fingerprint density at radius 2 is 1.77 bits per heavy atom. The van der Waals surface area contributed by atoms with Gasteiger partial charge in [0.1, 0.15) is 0 Å². The van der Waals surface area contributed by atoms with Crippen molar-refractivity contribution in [3.8, 4) is 11.8 Å². The molecule has 0 unspecified atom stereocenters. The first-order chi connectivity index (χ1) is 19.1. The Morgan fingerprint density at radius 3 is 2.52 bits per heavy atom. The second-order valence-corrected chi connectivity index (χ2v) is 10.3. The summed E-state index contributed by atoms with van der Waals surface area (Å²) >= 11 is 0. The summed E-state index contributed by atoms with van der Waals surface area (Å²) in [6, 6.07) is 8.97. The molecule has 2 aromatic carbocycles. The van der Waals surface area contributed by atoms with E-state index in [2.05, 4.69) is 37.4 Å². The van der Waals surface area contributed by atoms with E-state index in [1.165, 1.54) is 12.1 Å². The van der Waals surface area contributed by atoms with Crippen LogP contribution in [0.3, 0.4) is 0 Å². The number of nitrogens with one attached hydrogen (secondary N) is 1. The molecule has 0 saturated carbocycles. The first kappa shape index (κ1) is 27.6. The van der Waals surface area contributed by atoms with Gasteiger partial charge in [-0.1, -0.05) is 18.1 Å². The van der Waals surface area contributed by atoms with Gasteiger partial charge in [0.15, 0.2) is 5.82 Å². The second-order valence-electron chi connectivity index (χ2n) is 10.3. The van der Waals surface area contributed by atoms with E-state index >= 15 is 0 Å². The molecule has 40 heavy (non-hydrogen) atoms. The Labute approximate surface area is 230 Å². The van der Waals surface area contributed by atoms with Crippen molar-refractivity contribution in [2.75, 3.05) is 38.5 Å². The van der Waals surface area contributed by atoms with Gasteiger partial charge in [-0.15, -0.1) is 10.2 Å². The van der Waals surface area contributed by atoms with Gasteiger partial charge in [-0.05, 0) is 68.6 Å². The van der Waals surface area contributed by atoms with Gasteiger partial charge in [0.05, 0.1) is 5.56 Å². The topological polar surface area (TPSA) is 78.7 Å². The quantitative estimate of drug-likeness (QED) is 0.495. The molecule has 0 spiro atoms. The Bertz CT molecular complexity index is 1520. The molecule has 5 rings (SSSR count). The zero-order valence-corrected chi connectivity index (χ0v) is 22.6. The summed E-state index contributed by atoms with van der Waals surface area (Å²) in [4.78, 5) is 17.2. The predicted octanol–water partition coefficient (Wildman–Crippen LogP) is 4.18. The number of piperazine rings is 1. The summed E-state index contributed by atoms with van der Waals surface area (Å²) in [5.74, 6) is 6.64. The fourth-order valence-electron chi connectivity index (χ4n) is 4.69. The molecule has 0 atom stereocenters. The highest BCUT2D eigenvalue weighted by Crippen LogP contribution is 2.34. The normalized spacial score (nSPS) is 16.1. The van der Waals surface area contributed by atoms with Crippen molar-refractivity contribution in [3.63, 3.8) is 0 Å². The van der Waals surface area contributed by atoms with Crippen LogP contribution in [0.5, 0.6) is 0 Å². The fraction of sp³-hybridized carbons (Fsp3) is 0.379. The predicted molar refractivity (Wildman–Crippen MR) is 146 cm³/mol. The summed E-state index contributed by atoms with van der Waals surface area (Å²) in [6.45, 7) is 7.04. The smallest absolute Gasteiger partial charge is 0.322 e. The molecule has 2 aliphatic rings.